The maximum absolute atomic E-state index is 10.1. The van der Waals surface area contributed by atoms with Gasteiger partial charge in [-0.2, -0.15) is 0 Å². The molecule has 0 saturated carbocycles. The Morgan fingerprint density at radius 1 is 1.16 bits per heavy atom. The van der Waals surface area contributed by atoms with E-state index < -0.39 is 0 Å². The average molecular weight is 283 g/mol. The van der Waals surface area contributed by atoms with Crippen LogP contribution in [0, 0.1) is 13.8 Å². The zero-order valence-corrected chi connectivity index (χ0v) is 13.5. The highest BCUT2D eigenvalue weighted by Crippen LogP contribution is 2.26. The third kappa shape index (κ3) is 6.07. The van der Waals surface area contributed by atoms with Crippen LogP contribution in [0.4, 0.5) is 0 Å². The number of aliphatic hydroxyl groups excluding tert-OH is 1. The van der Waals surface area contributed by atoms with E-state index in [4.69, 9.17) is 0 Å². The minimum absolute atomic E-state index is 0.348. The molecular weight excluding hydrogens is 254 g/mol. The largest absolute Gasteiger partial charge is 0.386 e. The summed E-state index contributed by atoms with van der Waals surface area (Å²) >= 11 is 1.67. The van der Waals surface area contributed by atoms with E-state index in [1.807, 2.05) is 0 Å². The maximum Gasteiger partial charge on any atom is 0.101 e. The predicted molar refractivity (Wildman–Crippen MR) is 85.0 cm³/mol. The van der Waals surface area contributed by atoms with Gasteiger partial charge in [0.25, 0.3) is 0 Å². The van der Waals surface area contributed by atoms with Crippen molar-refractivity contribution in [2.45, 2.75) is 65.4 Å². The van der Waals surface area contributed by atoms with Gasteiger partial charge >= 0.3 is 0 Å². The van der Waals surface area contributed by atoms with E-state index in [-0.39, 0.29) is 6.10 Å². The van der Waals surface area contributed by atoms with Gasteiger partial charge in [-0.25, -0.2) is 0 Å². The van der Waals surface area contributed by atoms with E-state index in [2.05, 4.69) is 31.5 Å². The minimum Gasteiger partial charge on any atom is -0.386 e. The third-order valence-corrected chi connectivity index (χ3v) is 4.97. The minimum atomic E-state index is -0.348. The van der Waals surface area contributed by atoms with Gasteiger partial charge in [0.2, 0.25) is 0 Å². The van der Waals surface area contributed by atoms with Crippen molar-refractivity contribution < 1.29 is 5.11 Å². The number of nitrogens with one attached hydrogen (secondary N) is 1. The SMILES string of the molecule is CCCCCCCCNCC(O)c1scc(C)c1C. The van der Waals surface area contributed by atoms with Gasteiger partial charge in [0.05, 0.1) is 0 Å². The summed E-state index contributed by atoms with van der Waals surface area (Å²) in [5.74, 6) is 0. The fourth-order valence-corrected chi connectivity index (χ4v) is 3.27. The van der Waals surface area contributed by atoms with Crippen molar-refractivity contribution in [3.8, 4) is 0 Å². The fraction of sp³-hybridized carbons (Fsp3) is 0.750. The molecule has 0 spiro atoms. The molecule has 1 aromatic heterocycles. The Balaban J connectivity index is 2.08. The van der Waals surface area contributed by atoms with Crippen LogP contribution in [0.15, 0.2) is 5.38 Å². The molecule has 1 atom stereocenters. The highest BCUT2D eigenvalue weighted by atomic mass is 32.1. The summed E-state index contributed by atoms with van der Waals surface area (Å²) in [6, 6.07) is 0. The first-order valence-electron chi connectivity index (χ1n) is 7.60. The lowest BCUT2D eigenvalue weighted by atomic mass is 10.1. The lowest BCUT2D eigenvalue weighted by Crippen LogP contribution is -2.22. The van der Waals surface area contributed by atoms with Gasteiger partial charge in [0, 0.05) is 11.4 Å². The Hall–Kier alpha value is -0.380. The Morgan fingerprint density at radius 2 is 1.84 bits per heavy atom. The molecule has 0 aromatic carbocycles. The van der Waals surface area contributed by atoms with Gasteiger partial charge < -0.3 is 10.4 Å². The first kappa shape index (κ1) is 16.7. The van der Waals surface area contributed by atoms with Crippen LogP contribution in [0.5, 0.6) is 0 Å². The van der Waals surface area contributed by atoms with E-state index >= 15 is 0 Å². The number of hydrogen-bond donors (Lipinski definition) is 2. The van der Waals surface area contributed by atoms with Crippen molar-refractivity contribution in [2.75, 3.05) is 13.1 Å². The van der Waals surface area contributed by atoms with Gasteiger partial charge in [0.15, 0.2) is 0 Å². The van der Waals surface area contributed by atoms with E-state index in [1.165, 1.54) is 49.7 Å². The second-order valence-electron chi connectivity index (χ2n) is 5.40. The first-order valence-corrected chi connectivity index (χ1v) is 8.48. The van der Waals surface area contributed by atoms with E-state index in [0.717, 1.165) is 11.4 Å². The van der Waals surface area contributed by atoms with Crippen molar-refractivity contribution in [3.05, 3.63) is 21.4 Å². The van der Waals surface area contributed by atoms with Gasteiger partial charge in [-0.15, -0.1) is 11.3 Å². The molecule has 1 rings (SSSR count). The zero-order valence-electron chi connectivity index (χ0n) is 12.7. The number of aryl methyl sites for hydroxylation is 1. The highest BCUT2D eigenvalue weighted by Gasteiger charge is 2.13. The lowest BCUT2D eigenvalue weighted by Gasteiger charge is -2.11. The van der Waals surface area contributed by atoms with Gasteiger partial charge in [-0.3, -0.25) is 0 Å². The summed E-state index contributed by atoms with van der Waals surface area (Å²) in [5, 5.41) is 15.6. The first-order chi connectivity index (χ1) is 9.16. The van der Waals surface area contributed by atoms with Crippen molar-refractivity contribution in [2.24, 2.45) is 0 Å². The molecule has 2 N–H and O–H groups in total. The Bertz CT molecular complexity index is 349. The van der Waals surface area contributed by atoms with Crippen molar-refractivity contribution in [3.63, 3.8) is 0 Å². The molecule has 1 heterocycles. The quantitative estimate of drug-likeness (QED) is 0.626. The molecule has 0 amide bonds. The van der Waals surface area contributed by atoms with Crippen LogP contribution in [0.2, 0.25) is 0 Å². The molecule has 110 valence electrons. The lowest BCUT2D eigenvalue weighted by molar-refractivity contribution is 0.177. The Morgan fingerprint density at radius 3 is 2.47 bits per heavy atom. The second kappa shape index (κ2) is 9.51. The van der Waals surface area contributed by atoms with Crippen molar-refractivity contribution >= 4 is 11.3 Å². The molecule has 0 radical (unpaired) electrons. The summed E-state index contributed by atoms with van der Waals surface area (Å²) in [4.78, 5) is 1.12. The summed E-state index contributed by atoms with van der Waals surface area (Å²) in [5.41, 5.74) is 2.54. The van der Waals surface area contributed by atoms with Crippen LogP contribution < -0.4 is 5.32 Å². The summed E-state index contributed by atoms with van der Waals surface area (Å²) in [7, 11) is 0. The monoisotopic (exact) mass is 283 g/mol. The molecule has 0 saturated heterocycles. The fourth-order valence-electron chi connectivity index (χ4n) is 2.21. The van der Waals surface area contributed by atoms with E-state index in [1.54, 1.807) is 11.3 Å². The molecule has 1 aromatic rings. The van der Waals surface area contributed by atoms with Gasteiger partial charge in [0.1, 0.15) is 6.10 Å². The molecule has 0 aliphatic carbocycles. The van der Waals surface area contributed by atoms with Crippen molar-refractivity contribution in [1.82, 2.24) is 5.32 Å². The summed E-state index contributed by atoms with van der Waals surface area (Å²) in [6.45, 7) is 8.14. The Kier molecular flexibility index (Phi) is 8.35. The third-order valence-electron chi connectivity index (χ3n) is 3.67. The van der Waals surface area contributed by atoms with Crippen LogP contribution in [0.1, 0.15) is 67.6 Å². The number of thiophene rings is 1. The van der Waals surface area contributed by atoms with Crippen LogP contribution >= 0.6 is 11.3 Å². The maximum atomic E-state index is 10.1. The van der Waals surface area contributed by atoms with Crippen LogP contribution in [-0.4, -0.2) is 18.2 Å². The zero-order chi connectivity index (χ0) is 14.1. The van der Waals surface area contributed by atoms with Crippen LogP contribution in [-0.2, 0) is 0 Å². The van der Waals surface area contributed by atoms with Gasteiger partial charge in [-0.05, 0) is 43.3 Å². The number of aliphatic hydroxyl groups is 1. The molecule has 3 heteroatoms. The molecule has 0 aliphatic heterocycles. The number of hydrogen-bond acceptors (Lipinski definition) is 3. The molecule has 0 bridgehead atoms. The van der Waals surface area contributed by atoms with E-state index in [0.29, 0.717) is 6.54 Å². The average Bonchev–Trinajstić information content (AvgIpc) is 2.73. The number of rotatable bonds is 10. The topological polar surface area (TPSA) is 32.3 Å². The second-order valence-corrected chi connectivity index (χ2v) is 6.31. The summed E-state index contributed by atoms with van der Waals surface area (Å²) < 4.78 is 0. The van der Waals surface area contributed by atoms with Crippen LogP contribution in [0.3, 0.4) is 0 Å². The molecule has 1 unspecified atom stereocenters. The molecule has 19 heavy (non-hydrogen) atoms. The van der Waals surface area contributed by atoms with Crippen LogP contribution in [0.25, 0.3) is 0 Å². The normalized spacial score (nSPS) is 12.8. The summed E-state index contributed by atoms with van der Waals surface area (Å²) in [6.07, 6.45) is 7.57. The molecule has 0 aliphatic rings. The molecule has 0 fully saturated rings. The predicted octanol–water partition coefficient (Wildman–Crippen LogP) is 4.35. The number of unbranched alkanes of at least 4 members (excludes halogenated alkanes) is 5. The van der Waals surface area contributed by atoms with Crippen molar-refractivity contribution in [1.29, 1.82) is 0 Å². The standard InChI is InChI=1S/C16H29NOS/c1-4-5-6-7-8-9-10-17-11-15(18)16-14(3)13(2)12-19-16/h12,15,17-18H,4-11H2,1-3H3. The van der Waals surface area contributed by atoms with E-state index in [9.17, 15) is 5.11 Å². The molecular formula is C16H29NOS. The highest BCUT2D eigenvalue weighted by molar-refractivity contribution is 7.10. The Labute approximate surface area is 122 Å². The smallest absolute Gasteiger partial charge is 0.101 e. The molecule has 2 nitrogen and oxygen atoms in total. The van der Waals surface area contributed by atoms with Gasteiger partial charge in [-0.1, -0.05) is 39.0 Å².